The van der Waals surface area contributed by atoms with E-state index in [2.05, 4.69) is 0 Å². The van der Waals surface area contributed by atoms with Gasteiger partial charge in [0.05, 0.1) is 29.7 Å². The van der Waals surface area contributed by atoms with Gasteiger partial charge in [0.15, 0.2) is 0 Å². The highest BCUT2D eigenvalue weighted by Crippen LogP contribution is 2.56. The third-order valence-electron chi connectivity index (χ3n) is 6.29. The van der Waals surface area contributed by atoms with Gasteiger partial charge in [0.25, 0.3) is 10.1 Å². The van der Waals surface area contributed by atoms with Gasteiger partial charge in [-0.2, -0.15) is 8.42 Å². The monoisotopic (exact) mass is 494 g/mol. The van der Waals surface area contributed by atoms with E-state index in [1.54, 1.807) is 72.8 Å². The zero-order chi connectivity index (χ0) is 25.1. The zero-order valence-corrected chi connectivity index (χ0v) is 20.3. The summed E-state index contributed by atoms with van der Waals surface area (Å²) < 4.78 is 41.4. The van der Waals surface area contributed by atoms with Crippen molar-refractivity contribution in [1.29, 1.82) is 0 Å². The van der Waals surface area contributed by atoms with Gasteiger partial charge >= 0.3 is 11.9 Å². The summed E-state index contributed by atoms with van der Waals surface area (Å²) in [5.41, 5.74) is 1.31. The van der Waals surface area contributed by atoms with Crippen molar-refractivity contribution in [2.75, 3.05) is 20.3 Å². The van der Waals surface area contributed by atoms with E-state index in [1.807, 2.05) is 6.92 Å². The second kappa shape index (κ2) is 10.0. The van der Waals surface area contributed by atoms with Crippen molar-refractivity contribution in [1.82, 2.24) is 0 Å². The van der Waals surface area contributed by atoms with Crippen LogP contribution in [0.15, 0.2) is 83.8 Å². The van der Waals surface area contributed by atoms with Gasteiger partial charge in [-0.15, -0.1) is 0 Å². The highest BCUT2D eigenvalue weighted by atomic mass is 32.2. The molecule has 0 saturated heterocycles. The largest absolute Gasteiger partial charge is 0.462 e. The Morgan fingerprint density at radius 3 is 2.03 bits per heavy atom. The summed E-state index contributed by atoms with van der Waals surface area (Å²) in [4.78, 5) is 25.2. The molecular weight excluding hydrogens is 468 g/mol. The van der Waals surface area contributed by atoms with Crippen molar-refractivity contribution in [3.8, 4) is 0 Å². The molecular formula is C27H26O7S. The predicted molar refractivity (Wildman–Crippen MR) is 129 cm³/mol. The number of ether oxygens (including phenoxy) is 2. The normalized spacial score (nSPS) is 19.1. The molecule has 0 aromatic heterocycles. The van der Waals surface area contributed by atoms with Gasteiger partial charge in [-0.3, -0.25) is 4.18 Å². The molecule has 2 atom stereocenters. The molecule has 1 aliphatic carbocycles. The first-order valence-corrected chi connectivity index (χ1v) is 12.5. The number of carbonyl (C=O) groups excluding carboxylic acids is 2. The zero-order valence-electron chi connectivity index (χ0n) is 19.5. The maximum atomic E-state index is 12.7. The number of esters is 2. The maximum absolute atomic E-state index is 12.7. The van der Waals surface area contributed by atoms with E-state index in [1.165, 1.54) is 6.07 Å². The van der Waals surface area contributed by atoms with Crippen LogP contribution in [0.3, 0.4) is 0 Å². The standard InChI is InChI=1S/C27H26O7S/c1-19-13-14-24(35(30,31)32-2)23(15-19)27(18-34-26(29)21-11-7-4-8-12-21)16-22(27)17-33-25(28)20-9-5-3-6-10-20/h3-15,22H,16-18H2,1-2H3. The molecule has 0 N–H and O–H groups in total. The first-order chi connectivity index (χ1) is 16.8. The predicted octanol–water partition coefficient (Wildman–Crippen LogP) is 4.30. The molecule has 0 aliphatic heterocycles. The first-order valence-electron chi connectivity index (χ1n) is 11.1. The van der Waals surface area contributed by atoms with Crippen LogP contribution in [-0.2, 0) is 29.2 Å². The first kappa shape index (κ1) is 24.6. The Bertz CT molecular complexity index is 1320. The highest BCUT2D eigenvalue weighted by molar-refractivity contribution is 7.86. The van der Waals surface area contributed by atoms with Gasteiger partial charge in [0.1, 0.15) is 6.61 Å². The van der Waals surface area contributed by atoms with Crippen molar-refractivity contribution in [3.05, 3.63) is 101 Å². The Kier molecular flexibility index (Phi) is 7.05. The van der Waals surface area contributed by atoms with Gasteiger partial charge in [-0.1, -0.05) is 54.1 Å². The van der Waals surface area contributed by atoms with E-state index < -0.39 is 27.5 Å². The van der Waals surface area contributed by atoms with E-state index in [4.69, 9.17) is 13.7 Å². The molecule has 0 radical (unpaired) electrons. The maximum Gasteiger partial charge on any atom is 0.338 e. The minimum Gasteiger partial charge on any atom is -0.462 e. The minimum absolute atomic E-state index is 0.0123. The molecule has 0 spiro atoms. The molecule has 35 heavy (non-hydrogen) atoms. The number of hydrogen-bond acceptors (Lipinski definition) is 7. The van der Waals surface area contributed by atoms with Crippen LogP contribution in [0.4, 0.5) is 0 Å². The van der Waals surface area contributed by atoms with Gasteiger partial charge < -0.3 is 9.47 Å². The summed E-state index contributed by atoms with van der Waals surface area (Å²) in [5, 5.41) is 0. The number of benzene rings is 3. The molecule has 8 heteroatoms. The lowest BCUT2D eigenvalue weighted by atomic mass is 9.92. The smallest absolute Gasteiger partial charge is 0.338 e. The second-order valence-electron chi connectivity index (χ2n) is 8.58. The lowest BCUT2D eigenvalue weighted by Crippen LogP contribution is -2.26. The van der Waals surface area contributed by atoms with Crippen LogP contribution < -0.4 is 0 Å². The minimum atomic E-state index is -4.03. The highest BCUT2D eigenvalue weighted by Gasteiger charge is 2.58. The van der Waals surface area contributed by atoms with Crippen LogP contribution in [-0.4, -0.2) is 40.7 Å². The molecule has 1 aliphatic rings. The summed E-state index contributed by atoms with van der Waals surface area (Å²) in [7, 11) is -2.92. The summed E-state index contributed by atoms with van der Waals surface area (Å²) in [6.07, 6.45) is 0.479. The molecule has 0 amide bonds. The van der Waals surface area contributed by atoms with Crippen LogP contribution in [0.1, 0.15) is 38.3 Å². The lowest BCUT2D eigenvalue weighted by molar-refractivity contribution is 0.0394. The fraction of sp³-hybridized carbons (Fsp3) is 0.259. The SMILES string of the molecule is COS(=O)(=O)c1ccc(C)cc1C1(COC(=O)c2ccccc2)CC1COC(=O)c1ccccc1. The molecule has 1 saturated carbocycles. The summed E-state index contributed by atoms with van der Waals surface area (Å²) >= 11 is 0. The topological polar surface area (TPSA) is 96.0 Å². The Morgan fingerprint density at radius 2 is 1.46 bits per heavy atom. The fourth-order valence-corrected chi connectivity index (χ4v) is 5.16. The van der Waals surface area contributed by atoms with Gasteiger partial charge in [0.2, 0.25) is 0 Å². The third-order valence-corrected chi connectivity index (χ3v) is 7.62. The van der Waals surface area contributed by atoms with E-state index in [-0.39, 0.29) is 24.0 Å². The number of carbonyl (C=O) groups is 2. The van der Waals surface area contributed by atoms with Crippen LogP contribution in [0.5, 0.6) is 0 Å². The van der Waals surface area contributed by atoms with Crippen molar-refractivity contribution in [3.63, 3.8) is 0 Å². The summed E-state index contributed by atoms with van der Waals surface area (Å²) in [6, 6.07) is 22.1. The van der Waals surface area contributed by atoms with Crippen molar-refractivity contribution >= 4 is 22.1 Å². The van der Waals surface area contributed by atoms with Gasteiger partial charge in [-0.25, -0.2) is 9.59 Å². The summed E-state index contributed by atoms with van der Waals surface area (Å²) in [6.45, 7) is 1.84. The molecule has 7 nitrogen and oxygen atoms in total. The van der Waals surface area contributed by atoms with Crippen LogP contribution >= 0.6 is 0 Å². The van der Waals surface area contributed by atoms with Gasteiger partial charge in [0, 0.05) is 11.3 Å². The molecule has 2 unspecified atom stereocenters. The Balaban J connectivity index is 1.62. The average molecular weight is 495 g/mol. The molecule has 182 valence electrons. The molecule has 3 aromatic carbocycles. The van der Waals surface area contributed by atoms with E-state index in [9.17, 15) is 18.0 Å². The van der Waals surface area contributed by atoms with Crippen molar-refractivity contribution in [2.24, 2.45) is 5.92 Å². The van der Waals surface area contributed by atoms with Crippen LogP contribution in [0.2, 0.25) is 0 Å². The van der Waals surface area contributed by atoms with E-state index in [0.29, 0.717) is 23.1 Å². The lowest BCUT2D eigenvalue weighted by Gasteiger charge is -2.22. The molecule has 3 aromatic rings. The van der Waals surface area contributed by atoms with Crippen molar-refractivity contribution < 1.29 is 31.7 Å². The van der Waals surface area contributed by atoms with E-state index >= 15 is 0 Å². The molecule has 0 heterocycles. The van der Waals surface area contributed by atoms with Crippen LogP contribution in [0.25, 0.3) is 0 Å². The van der Waals surface area contributed by atoms with Gasteiger partial charge in [-0.05, 0) is 49.2 Å². The quantitative estimate of drug-likeness (QED) is 0.323. The summed E-state index contributed by atoms with van der Waals surface area (Å²) in [5.74, 6) is -1.23. The fourth-order valence-electron chi connectivity index (χ4n) is 4.21. The molecule has 4 rings (SSSR count). The molecule has 0 bridgehead atoms. The average Bonchev–Trinajstić information content (AvgIpc) is 3.60. The van der Waals surface area contributed by atoms with Crippen molar-refractivity contribution in [2.45, 2.75) is 23.7 Å². The number of hydrogen-bond donors (Lipinski definition) is 0. The van der Waals surface area contributed by atoms with Crippen LogP contribution in [0, 0.1) is 12.8 Å². The Labute approximate surface area is 204 Å². The Morgan fingerprint density at radius 1 is 0.886 bits per heavy atom. The Hall–Kier alpha value is -3.49. The van der Waals surface area contributed by atoms with E-state index in [0.717, 1.165) is 12.7 Å². The third kappa shape index (κ3) is 5.28. The number of rotatable bonds is 9. The second-order valence-corrected chi connectivity index (χ2v) is 10.3. The molecule has 1 fully saturated rings. The number of aryl methyl sites for hydroxylation is 1.